The van der Waals surface area contributed by atoms with Crippen LogP contribution in [0.3, 0.4) is 0 Å². The molecule has 0 amide bonds. The summed E-state index contributed by atoms with van der Waals surface area (Å²) in [5, 5.41) is 0. The topological polar surface area (TPSA) is 20.3 Å². The summed E-state index contributed by atoms with van der Waals surface area (Å²) in [6.45, 7) is 7.80. The third kappa shape index (κ3) is 4.15. The van der Waals surface area contributed by atoms with Gasteiger partial charge in [0.05, 0.1) is 0 Å². The van der Waals surface area contributed by atoms with Gasteiger partial charge in [-0.1, -0.05) is 38.1 Å². The molecule has 2 nitrogen and oxygen atoms in total. The van der Waals surface area contributed by atoms with Crippen LogP contribution in [0, 0.1) is 0 Å². The second-order valence-corrected chi connectivity index (χ2v) is 3.99. The van der Waals surface area contributed by atoms with Crippen molar-refractivity contribution < 1.29 is 4.79 Å². The maximum Gasteiger partial charge on any atom is 0.150 e. The Kier molecular flexibility index (Phi) is 5.79. The van der Waals surface area contributed by atoms with Crippen LogP contribution in [0.4, 0.5) is 0 Å². The first-order chi connectivity index (χ1) is 7.80. The summed E-state index contributed by atoms with van der Waals surface area (Å²) in [5.41, 5.74) is 2.07. The second-order valence-electron chi connectivity index (χ2n) is 3.99. The van der Waals surface area contributed by atoms with E-state index in [9.17, 15) is 4.79 Å². The Bertz CT molecular complexity index is 301. The van der Waals surface area contributed by atoms with Crippen LogP contribution in [0.1, 0.15) is 36.2 Å². The van der Waals surface area contributed by atoms with Crippen molar-refractivity contribution in [2.24, 2.45) is 0 Å². The number of hydrogen-bond donors (Lipinski definition) is 0. The number of carbonyl (C=O) groups excluding carboxylic acids is 1. The van der Waals surface area contributed by atoms with E-state index in [0.29, 0.717) is 0 Å². The van der Waals surface area contributed by atoms with Crippen molar-refractivity contribution in [1.29, 1.82) is 0 Å². The zero-order valence-electron chi connectivity index (χ0n) is 10.3. The zero-order valence-corrected chi connectivity index (χ0v) is 10.3. The van der Waals surface area contributed by atoms with Crippen molar-refractivity contribution in [1.82, 2.24) is 4.90 Å². The summed E-state index contributed by atoms with van der Waals surface area (Å²) in [5.74, 6) is 0. The van der Waals surface area contributed by atoms with Gasteiger partial charge in [0, 0.05) is 5.56 Å². The van der Waals surface area contributed by atoms with E-state index in [-0.39, 0.29) is 0 Å². The Morgan fingerprint density at radius 3 is 2.25 bits per heavy atom. The fourth-order valence-electron chi connectivity index (χ4n) is 1.81. The van der Waals surface area contributed by atoms with Crippen molar-refractivity contribution in [3.05, 3.63) is 35.4 Å². The van der Waals surface area contributed by atoms with Gasteiger partial charge in [0.2, 0.25) is 0 Å². The Labute approximate surface area is 98.3 Å². The smallest absolute Gasteiger partial charge is 0.150 e. The molecule has 0 N–H and O–H groups in total. The third-order valence-corrected chi connectivity index (χ3v) is 2.95. The van der Waals surface area contributed by atoms with E-state index in [1.54, 1.807) is 0 Å². The molecule has 1 aromatic rings. The molecular weight excluding hydrogens is 198 g/mol. The summed E-state index contributed by atoms with van der Waals surface area (Å²) in [6, 6.07) is 7.87. The lowest BCUT2D eigenvalue weighted by Gasteiger charge is -2.17. The van der Waals surface area contributed by atoms with E-state index < -0.39 is 0 Å². The van der Waals surface area contributed by atoms with E-state index in [4.69, 9.17) is 0 Å². The van der Waals surface area contributed by atoms with Crippen LogP contribution in [0.5, 0.6) is 0 Å². The summed E-state index contributed by atoms with van der Waals surface area (Å²) in [7, 11) is 0. The van der Waals surface area contributed by atoms with Crippen molar-refractivity contribution in [3.8, 4) is 0 Å². The van der Waals surface area contributed by atoms with Crippen molar-refractivity contribution >= 4 is 6.29 Å². The molecule has 0 heterocycles. The fraction of sp³-hybridized carbons (Fsp3) is 0.500. The Hall–Kier alpha value is -1.15. The van der Waals surface area contributed by atoms with Gasteiger partial charge in [-0.05, 0) is 38.0 Å². The second kappa shape index (κ2) is 7.18. The lowest BCUT2D eigenvalue weighted by molar-refractivity contribution is 0.112. The van der Waals surface area contributed by atoms with Crippen LogP contribution in [-0.2, 0) is 6.42 Å². The first-order valence-electron chi connectivity index (χ1n) is 6.06. The molecule has 0 radical (unpaired) electrons. The highest BCUT2D eigenvalue weighted by Crippen LogP contribution is 2.06. The summed E-state index contributed by atoms with van der Waals surface area (Å²) >= 11 is 0. The number of nitrogens with zero attached hydrogens (tertiary/aromatic N) is 1. The number of hydrogen-bond acceptors (Lipinski definition) is 2. The standard InChI is InChI=1S/C14H21NO/c1-3-15(4-2)11-5-6-13-7-9-14(12-16)10-8-13/h7-10,12H,3-6,11H2,1-2H3. The van der Waals surface area contributed by atoms with Crippen LogP contribution in [0.15, 0.2) is 24.3 Å². The molecule has 0 bridgehead atoms. The molecule has 16 heavy (non-hydrogen) atoms. The van der Waals surface area contributed by atoms with Gasteiger partial charge in [-0.2, -0.15) is 0 Å². The molecule has 0 aromatic heterocycles. The highest BCUT2D eigenvalue weighted by atomic mass is 16.1. The summed E-state index contributed by atoms with van der Waals surface area (Å²) in [4.78, 5) is 12.9. The van der Waals surface area contributed by atoms with E-state index in [0.717, 1.165) is 37.9 Å². The lowest BCUT2D eigenvalue weighted by atomic mass is 10.1. The van der Waals surface area contributed by atoms with Gasteiger partial charge < -0.3 is 4.90 Å². The summed E-state index contributed by atoms with van der Waals surface area (Å²) in [6.07, 6.45) is 3.16. The van der Waals surface area contributed by atoms with Crippen LogP contribution in [0.25, 0.3) is 0 Å². The van der Waals surface area contributed by atoms with Crippen molar-refractivity contribution in [2.75, 3.05) is 19.6 Å². The van der Waals surface area contributed by atoms with Crippen molar-refractivity contribution in [3.63, 3.8) is 0 Å². The van der Waals surface area contributed by atoms with E-state index in [1.165, 1.54) is 12.0 Å². The van der Waals surface area contributed by atoms with Crippen LogP contribution in [-0.4, -0.2) is 30.8 Å². The molecule has 0 saturated heterocycles. The van der Waals surface area contributed by atoms with Gasteiger partial charge in [0.15, 0.2) is 0 Å². The minimum Gasteiger partial charge on any atom is -0.304 e. The number of aldehydes is 1. The van der Waals surface area contributed by atoms with Gasteiger partial charge in [-0.25, -0.2) is 0 Å². The molecule has 0 unspecified atom stereocenters. The molecule has 1 aromatic carbocycles. The normalized spacial score (nSPS) is 10.7. The number of aryl methyl sites for hydroxylation is 1. The van der Waals surface area contributed by atoms with Gasteiger partial charge >= 0.3 is 0 Å². The minimum absolute atomic E-state index is 0.757. The maximum atomic E-state index is 10.5. The molecule has 0 spiro atoms. The first-order valence-corrected chi connectivity index (χ1v) is 6.06. The molecular formula is C14H21NO. The quantitative estimate of drug-likeness (QED) is 0.657. The molecule has 0 saturated carbocycles. The van der Waals surface area contributed by atoms with Crippen LogP contribution >= 0.6 is 0 Å². The highest BCUT2D eigenvalue weighted by Gasteiger charge is 1.99. The average Bonchev–Trinajstić information content (AvgIpc) is 2.35. The largest absolute Gasteiger partial charge is 0.304 e. The van der Waals surface area contributed by atoms with Crippen LogP contribution < -0.4 is 0 Å². The molecule has 2 heteroatoms. The van der Waals surface area contributed by atoms with Gasteiger partial charge in [-0.15, -0.1) is 0 Å². The molecule has 0 aliphatic carbocycles. The Morgan fingerprint density at radius 1 is 1.12 bits per heavy atom. The summed E-state index contributed by atoms with van der Waals surface area (Å²) < 4.78 is 0. The van der Waals surface area contributed by atoms with Crippen LogP contribution in [0.2, 0.25) is 0 Å². The lowest BCUT2D eigenvalue weighted by Crippen LogP contribution is -2.24. The molecule has 0 aliphatic rings. The van der Waals surface area contributed by atoms with E-state index in [2.05, 4.69) is 18.7 Å². The van der Waals surface area contributed by atoms with Gasteiger partial charge in [0.25, 0.3) is 0 Å². The molecule has 0 atom stereocenters. The van der Waals surface area contributed by atoms with Crippen molar-refractivity contribution in [2.45, 2.75) is 26.7 Å². The predicted octanol–water partition coefficient (Wildman–Crippen LogP) is 2.77. The third-order valence-electron chi connectivity index (χ3n) is 2.95. The Morgan fingerprint density at radius 2 is 1.75 bits per heavy atom. The average molecular weight is 219 g/mol. The van der Waals surface area contributed by atoms with E-state index in [1.807, 2.05) is 24.3 Å². The number of benzene rings is 1. The zero-order chi connectivity index (χ0) is 11.8. The van der Waals surface area contributed by atoms with E-state index >= 15 is 0 Å². The fourth-order valence-corrected chi connectivity index (χ4v) is 1.81. The van der Waals surface area contributed by atoms with Gasteiger partial charge in [-0.3, -0.25) is 4.79 Å². The SMILES string of the molecule is CCN(CC)CCCc1ccc(C=O)cc1. The van der Waals surface area contributed by atoms with Gasteiger partial charge in [0.1, 0.15) is 6.29 Å². The number of rotatable bonds is 7. The minimum atomic E-state index is 0.757. The first kappa shape index (κ1) is 12.9. The molecule has 0 aliphatic heterocycles. The number of carbonyl (C=O) groups is 1. The molecule has 88 valence electrons. The monoisotopic (exact) mass is 219 g/mol. The molecule has 0 fully saturated rings. The Balaban J connectivity index is 2.34. The molecule has 1 rings (SSSR count). The highest BCUT2D eigenvalue weighted by molar-refractivity contribution is 5.74. The predicted molar refractivity (Wildman–Crippen MR) is 67.9 cm³/mol. The maximum absolute atomic E-state index is 10.5.